The van der Waals surface area contributed by atoms with Gasteiger partial charge >= 0.3 is 0 Å². The number of rotatable bonds is 8. The number of nitrogens with zero attached hydrogens (tertiary/aromatic N) is 1. The van der Waals surface area contributed by atoms with Crippen molar-refractivity contribution in [2.75, 3.05) is 5.32 Å². The number of halogens is 3. The summed E-state index contributed by atoms with van der Waals surface area (Å²) in [5, 5.41) is 15.6. The largest absolute Gasteiger partial charge is 0.453 e. The maximum absolute atomic E-state index is 15.2. The second kappa shape index (κ2) is 10.5. The molecule has 188 valence electrons. The van der Waals surface area contributed by atoms with Crippen LogP contribution in [0.3, 0.4) is 0 Å². The summed E-state index contributed by atoms with van der Waals surface area (Å²) >= 11 is 12.1. The molecule has 4 rings (SSSR count). The van der Waals surface area contributed by atoms with Crippen LogP contribution in [-0.2, 0) is 11.3 Å². The van der Waals surface area contributed by atoms with Crippen molar-refractivity contribution >= 4 is 52.0 Å². The molecule has 0 fully saturated rings. The monoisotopic (exact) mass is 539 g/mol. The summed E-state index contributed by atoms with van der Waals surface area (Å²) in [5.41, 5.74) is 6.50. The molecule has 1 atom stereocenters. The summed E-state index contributed by atoms with van der Waals surface area (Å²) in [6.07, 6.45) is 0.595. The van der Waals surface area contributed by atoms with Gasteiger partial charge in [0.25, 0.3) is 5.91 Å². The third kappa shape index (κ3) is 6.01. The number of nitriles is 1. The SMILES string of the molecule is C[C@@](N)(C=O)Nc1ccc2[nH]c(C(=O)NCc3ccc(Cl)c(Oc4cc(Cl)cc(C#N)c4)c3F)cc2c1. The summed E-state index contributed by atoms with van der Waals surface area (Å²) in [4.78, 5) is 26.8. The Hall–Kier alpha value is -4.10. The number of benzene rings is 3. The van der Waals surface area contributed by atoms with E-state index in [4.69, 9.17) is 38.9 Å². The number of carbonyl (C=O) groups is 2. The van der Waals surface area contributed by atoms with Crippen LogP contribution in [0.25, 0.3) is 10.9 Å². The minimum atomic E-state index is -1.24. The summed E-state index contributed by atoms with van der Waals surface area (Å²) in [7, 11) is 0. The third-order valence-electron chi connectivity index (χ3n) is 5.31. The van der Waals surface area contributed by atoms with E-state index < -0.39 is 17.4 Å². The van der Waals surface area contributed by atoms with Gasteiger partial charge in [0.1, 0.15) is 17.1 Å². The van der Waals surface area contributed by atoms with E-state index in [-0.39, 0.29) is 44.9 Å². The number of aromatic amines is 1. The number of anilines is 1. The second-order valence-electron chi connectivity index (χ2n) is 8.43. The van der Waals surface area contributed by atoms with Gasteiger partial charge in [-0.2, -0.15) is 5.26 Å². The lowest BCUT2D eigenvalue weighted by molar-refractivity contribution is -0.110. The quantitative estimate of drug-likeness (QED) is 0.173. The van der Waals surface area contributed by atoms with Crippen LogP contribution in [0.2, 0.25) is 10.0 Å². The Kier molecular flexibility index (Phi) is 7.36. The zero-order valence-corrected chi connectivity index (χ0v) is 20.9. The summed E-state index contributed by atoms with van der Waals surface area (Å²) in [5.74, 6) is -1.35. The first kappa shape index (κ1) is 26.0. The first-order valence-electron chi connectivity index (χ1n) is 10.9. The van der Waals surface area contributed by atoms with Crippen LogP contribution in [0.1, 0.15) is 28.5 Å². The van der Waals surface area contributed by atoms with Gasteiger partial charge in [0.05, 0.1) is 16.7 Å². The predicted molar refractivity (Wildman–Crippen MR) is 139 cm³/mol. The molecule has 11 heteroatoms. The van der Waals surface area contributed by atoms with E-state index in [1.807, 2.05) is 6.07 Å². The van der Waals surface area contributed by atoms with Gasteiger partial charge in [-0.3, -0.25) is 9.59 Å². The van der Waals surface area contributed by atoms with Gasteiger partial charge in [0, 0.05) is 33.7 Å². The molecule has 0 radical (unpaired) electrons. The number of nitrogens with one attached hydrogen (secondary N) is 3. The van der Waals surface area contributed by atoms with Crippen molar-refractivity contribution in [1.82, 2.24) is 10.3 Å². The van der Waals surface area contributed by atoms with Crippen LogP contribution in [0, 0.1) is 17.1 Å². The van der Waals surface area contributed by atoms with Gasteiger partial charge in [-0.25, -0.2) is 4.39 Å². The number of hydrogen-bond acceptors (Lipinski definition) is 6. The van der Waals surface area contributed by atoms with Crippen molar-refractivity contribution in [3.05, 3.63) is 87.3 Å². The zero-order chi connectivity index (χ0) is 26.7. The van der Waals surface area contributed by atoms with Gasteiger partial charge < -0.3 is 26.1 Å². The lowest BCUT2D eigenvalue weighted by Gasteiger charge is -2.20. The normalized spacial score (nSPS) is 12.4. The lowest BCUT2D eigenvalue weighted by Crippen LogP contribution is -2.46. The summed E-state index contributed by atoms with van der Waals surface area (Å²) in [6, 6.07) is 15.9. The van der Waals surface area contributed by atoms with E-state index in [2.05, 4.69) is 15.6 Å². The zero-order valence-electron chi connectivity index (χ0n) is 19.4. The molecule has 0 aliphatic carbocycles. The summed E-state index contributed by atoms with van der Waals surface area (Å²) < 4.78 is 20.8. The number of fused-ring (bicyclic) bond motifs is 1. The van der Waals surface area contributed by atoms with Gasteiger partial charge in [0.2, 0.25) is 0 Å². The number of nitrogens with two attached hydrogens (primary N) is 1. The highest BCUT2D eigenvalue weighted by molar-refractivity contribution is 6.32. The van der Waals surface area contributed by atoms with Crippen molar-refractivity contribution in [3.8, 4) is 17.6 Å². The van der Waals surface area contributed by atoms with Crippen LogP contribution in [-0.4, -0.2) is 22.8 Å². The van der Waals surface area contributed by atoms with Crippen LogP contribution >= 0.6 is 23.2 Å². The molecular formula is C26H20Cl2FN5O3. The molecule has 8 nitrogen and oxygen atoms in total. The van der Waals surface area contributed by atoms with E-state index >= 15 is 4.39 Å². The van der Waals surface area contributed by atoms with Crippen LogP contribution in [0.5, 0.6) is 11.5 Å². The molecule has 5 N–H and O–H groups in total. The Morgan fingerprint density at radius 1 is 1.22 bits per heavy atom. The highest BCUT2D eigenvalue weighted by Crippen LogP contribution is 2.35. The van der Waals surface area contributed by atoms with E-state index in [1.165, 1.54) is 37.3 Å². The molecule has 0 aliphatic heterocycles. The molecule has 1 aromatic heterocycles. The van der Waals surface area contributed by atoms with E-state index in [9.17, 15) is 9.59 Å². The average molecular weight is 540 g/mol. The average Bonchev–Trinajstić information content (AvgIpc) is 3.29. The highest BCUT2D eigenvalue weighted by Gasteiger charge is 2.19. The fourth-order valence-electron chi connectivity index (χ4n) is 3.55. The number of aldehydes is 1. The predicted octanol–water partition coefficient (Wildman–Crippen LogP) is 5.49. The molecular weight excluding hydrogens is 520 g/mol. The van der Waals surface area contributed by atoms with E-state index in [1.54, 1.807) is 24.3 Å². The van der Waals surface area contributed by atoms with Gasteiger partial charge in [-0.05, 0) is 55.5 Å². The number of H-pyrrole nitrogens is 1. The Morgan fingerprint density at radius 3 is 2.73 bits per heavy atom. The van der Waals surface area contributed by atoms with Crippen LogP contribution in [0.15, 0.2) is 54.6 Å². The molecule has 0 bridgehead atoms. The molecule has 0 spiro atoms. The Balaban J connectivity index is 1.50. The van der Waals surface area contributed by atoms with Gasteiger partial charge in [-0.15, -0.1) is 0 Å². The molecule has 0 unspecified atom stereocenters. The minimum Gasteiger partial charge on any atom is -0.453 e. The molecule has 3 aromatic carbocycles. The molecule has 0 saturated carbocycles. The van der Waals surface area contributed by atoms with Crippen molar-refractivity contribution in [2.24, 2.45) is 5.73 Å². The van der Waals surface area contributed by atoms with E-state index in [0.29, 0.717) is 22.9 Å². The molecule has 0 saturated heterocycles. The number of carbonyl (C=O) groups excluding carboxylic acids is 2. The number of amides is 1. The first-order valence-corrected chi connectivity index (χ1v) is 11.6. The molecule has 4 aromatic rings. The standard InChI is InChI=1S/C26H20Cl2FN5O3/c1-26(31,13-35)34-18-3-5-21-16(8-18)9-22(33-21)25(36)32-12-15-2-4-20(28)24(23(15)29)37-19-7-14(11-30)6-17(27)10-19/h2-10,13,33-34H,12,31H2,1H3,(H,32,36)/t26-/m0/s1. The molecule has 0 aliphatic rings. The molecule has 37 heavy (non-hydrogen) atoms. The fraction of sp³-hybridized carbons (Fsp3) is 0.115. The minimum absolute atomic E-state index is 0.00856. The first-order chi connectivity index (χ1) is 17.6. The van der Waals surface area contributed by atoms with Gasteiger partial charge in [-0.1, -0.05) is 29.3 Å². The molecule has 1 amide bonds. The Bertz CT molecular complexity index is 1560. The van der Waals surface area contributed by atoms with Crippen molar-refractivity contribution in [2.45, 2.75) is 19.1 Å². The number of aromatic nitrogens is 1. The van der Waals surface area contributed by atoms with Crippen LogP contribution < -0.4 is 21.1 Å². The highest BCUT2D eigenvalue weighted by atomic mass is 35.5. The number of ether oxygens (including phenoxy) is 1. The Labute approximate surface area is 221 Å². The van der Waals surface area contributed by atoms with Crippen LogP contribution in [0.4, 0.5) is 10.1 Å². The number of hydrogen-bond donors (Lipinski definition) is 4. The van der Waals surface area contributed by atoms with Gasteiger partial charge in [0.15, 0.2) is 17.9 Å². The topological polar surface area (TPSA) is 133 Å². The van der Waals surface area contributed by atoms with Crippen molar-refractivity contribution < 1.29 is 18.7 Å². The van der Waals surface area contributed by atoms with E-state index in [0.717, 1.165) is 0 Å². The smallest absolute Gasteiger partial charge is 0.267 e. The van der Waals surface area contributed by atoms with Crippen molar-refractivity contribution in [1.29, 1.82) is 5.26 Å². The molecule has 1 heterocycles. The maximum atomic E-state index is 15.2. The fourth-order valence-corrected chi connectivity index (χ4v) is 3.96. The second-order valence-corrected chi connectivity index (χ2v) is 9.28. The lowest BCUT2D eigenvalue weighted by atomic mass is 10.1. The van der Waals surface area contributed by atoms with Crippen molar-refractivity contribution in [3.63, 3.8) is 0 Å². The maximum Gasteiger partial charge on any atom is 0.267 e. The Morgan fingerprint density at radius 2 is 2.00 bits per heavy atom. The summed E-state index contributed by atoms with van der Waals surface area (Å²) in [6.45, 7) is 1.38. The third-order valence-corrected chi connectivity index (χ3v) is 5.83.